The normalized spacial score (nSPS) is 19.4. The zero-order valence-corrected chi connectivity index (χ0v) is 11.6. The van der Waals surface area contributed by atoms with Crippen LogP contribution >= 0.6 is 0 Å². The number of rotatable bonds is 3. The van der Waals surface area contributed by atoms with Crippen LogP contribution < -0.4 is 5.73 Å². The lowest BCUT2D eigenvalue weighted by Crippen LogP contribution is -2.35. The minimum absolute atomic E-state index is 0.102. The van der Waals surface area contributed by atoms with Gasteiger partial charge in [0.15, 0.2) is 0 Å². The smallest absolute Gasteiger partial charge is 0.123 e. The van der Waals surface area contributed by atoms with Crippen molar-refractivity contribution in [2.75, 3.05) is 0 Å². The maximum Gasteiger partial charge on any atom is 0.123 e. The molecule has 0 amide bonds. The summed E-state index contributed by atoms with van der Waals surface area (Å²) in [5.41, 5.74) is 10.3. The lowest BCUT2D eigenvalue weighted by Gasteiger charge is -2.29. The van der Waals surface area contributed by atoms with E-state index in [9.17, 15) is 4.39 Å². The summed E-state index contributed by atoms with van der Waals surface area (Å²) in [6, 6.07) is 15.5. The van der Waals surface area contributed by atoms with Crippen LogP contribution in [-0.2, 0) is 19.3 Å². The Kier molecular flexibility index (Phi) is 3.83. The summed E-state index contributed by atoms with van der Waals surface area (Å²) in [6.45, 7) is 0. The monoisotopic (exact) mass is 269 g/mol. The van der Waals surface area contributed by atoms with E-state index in [1.165, 1.54) is 17.2 Å². The van der Waals surface area contributed by atoms with Crippen molar-refractivity contribution in [2.45, 2.75) is 31.7 Å². The second-order valence-corrected chi connectivity index (χ2v) is 5.77. The molecule has 2 atom stereocenters. The van der Waals surface area contributed by atoms with E-state index in [0.717, 1.165) is 31.2 Å². The first kappa shape index (κ1) is 13.3. The van der Waals surface area contributed by atoms with Crippen LogP contribution in [0.2, 0.25) is 0 Å². The van der Waals surface area contributed by atoms with Crippen molar-refractivity contribution in [3.8, 4) is 0 Å². The van der Waals surface area contributed by atoms with Crippen molar-refractivity contribution in [3.63, 3.8) is 0 Å². The van der Waals surface area contributed by atoms with Crippen molar-refractivity contribution >= 4 is 0 Å². The first-order valence-electron chi connectivity index (χ1n) is 7.29. The quantitative estimate of drug-likeness (QED) is 0.906. The van der Waals surface area contributed by atoms with E-state index in [1.54, 1.807) is 12.1 Å². The number of hydrogen-bond acceptors (Lipinski definition) is 1. The minimum atomic E-state index is -0.177. The Hall–Kier alpha value is -1.67. The summed E-state index contributed by atoms with van der Waals surface area (Å²) in [6.07, 6.45) is 4.04. The van der Waals surface area contributed by atoms with Crippen molar-refractivity contribution in [1.82, 2.24) is 0 Å². The Labute approximate surface area is 119 Å². The Morgan fingerprint density at radius 2 is 1.90 bits per heavy atom. The summed E-state index contributed by atoms with van der Waals surface area (Å²) in [4.78, 5) is 0. The van der Waals surface area contributed by atoms with Crippen LogP contribution in [0.3, 0.4) is 0 Å². The molecular formula is C18H20FN. The summed E-state index contributed by atoms with van der Waals surface area (Å²) in [7, 11) is 0. The lowest BCUT2D eigenvalue weighted by atomic mass is 9.79. The van der Waals surface area contributed by atoms with Gasteiger partial charge in [0.2, 0.25) is 0 Å². The third-order valence-corrected chi connectivity index (χ3v) is 4.35. The topological polar surface area (TPSA) is 26.0 Å². The van der Waals surface area contributed by atoms with Gasteiger partial charge in [-0.05, 0) is 60.4 Å². The second kappa shape index (κ2) is 5.76. The molecule has 1 nitrogen and oxygen atoms in total. The SMILES string of the molecule is NC(Cc1cccc(F)c1)C1CCc2ccccc2C1. The fourth-order valence-electron chi connectivity index (χ4n) is 3.19. The van der Waals surface area contributed by atoms with E-state index >= 15 is 0 Å². The van der Waals surface area contributed by atoms with Gasteiger partial charge >= 0.3 is 0 Å². The van der Waals surface area contributed by atoms with Gasteiger partial charge in [-0.3, -0.25) is 0 Å². The van der Waals surface area contributed by atoms with E-state index in [1.807, 2.05) is 6.07 Å². The molecule has 2 heteroatoms. The van der Waals surface area contributed by atoms with E-state index in [-0.39, 0.29) is 11.9 Å². The first-order chi connectivity index (χ1) is 9.72. The third kappa shape index (κ3) is 2.91. The third-order valence-electron chi connectivity index (χ3n) is 4.35. The fraction of sp³-hybridized carbons (Fsp3) is 0.333. The molecule has 2 aromatic rings. The molecule has 3 rings (SSSR count). The zero-order chi connectivity index (χ0) is 13.9. The standard InChI is InChI=1S/C18H20FN/c19-17-7-3-4-13(10-17)11-18(20)16-9-8-14-5-1-2-6-15(14)12-16/h1-7,10,16,18H,8-9,11-12,20H2. The van der Waals surface area contributed by atoms with Crippen LogP contribution in [0.4, 0.5) is 4.39 Å². The number of benzene rings is 2. The Balaban J connectivity index is 1.68. The molecule has 0 aliphatic heterocycles. The average molecular weight is 269 g/mol. The molecule has 2 N–H and O–H groups in total. The highest BCUT2D eigenvalue weighted by atomic mass is 19.1. The van der Waals surface area contributed by atoms with Gasteiger partial charge in [0.25, 0.3) is 0 Å². The maximum absolute atomic E-state index is 13.2. The summed E-state index contributed by atoms with van der Waals surface area (Å²) < 4.78 is 13.2. The van der Waals surface area contributed by atoms with Crippen molar-refractivity contribution in [1.29, 1.82) is 0 Å². The van der Waals surface area contributed by atoms with Crippen molar-refractivity contribution in [3.05, 3.63) is 71.0 Å². The minimum Gasteiger partial charge on any atom is -0.327 e. The van der Waals surface area contributed by atoms with Gasteiger partial charge in [-0.25, -0.2) is 4.39 Å². The van der Waals surface area contributed by atoms with Crippen LogP contribution in [0.25, 0.3) is 0 Å². The van der Waals surface area contributed by atoms with Gasteiger partial charge in [-0.1, -0.05) is 36.4 Å². The molecule has 0 radical (unpaired) electrons. The molecule has 0 fully saturated rings. The largest absolute Gasteiger partial charge is 0.327 e. The number of aryl methyl sites for hydroxylation is 1. The predicted molar refractivity (Wildman–Crippen MR) is 80.0 cm³/mol. The summed E-state index contributed by atoms with van der Waals surface area (Å²) >= 11 is 0. The molecule has 0 saturated heterocycles. The van der Waals surface area contributed by atoms with Gasteiger partial charge in [-0.2, -0.15) is 0 Å². The molecule has 1 aliphatic rings. The lowest BCUT2D eigenvalue weighted by molar-refractivity contribution is 0.372. The summed E-state index contributed by atoms with van der Waals surface area (Å²) in [5, 5.41) is 0. The van der Waals surface area contributed by atoms with Crippen molar-refractivity contribution < 1.29 is 4.39 Å². The first-order valence-corrected chi connectivity index (χ1v) is 7.29. The Bertz CT molecular complexity index is 593. The van der Waals surface area contributed by atoms with Crippen LogP contribution in [-0.4, -0.2) is 6.04 Å². The van der Waals surface area contributed by atoms with Gasteiger partial charge in [0, 0.05) is 6.04 Å². The van der Waals surface area contributed by atoms with Crippen LogP contribution in [0.5, 0.6) is 0 Å². The number of halogens is 1. The van der Waals surface area contributed by atoms with Gasteiger partial charge < -0.3 is 5.73 Å². The van der Waals surface area contributed by atoms with Gasteiger partial charge in [-0.15, -0.1) is 0 Å². The van der Waals surface area contributed by atoms with Crippen molar-refractivity contribution in [2.24, 2.45) is 11.7 Å². The molecule has 104 valence electrons. The molecular weight excluding hydrogens is 249 g/mol. The molecule has 1 aliphatic carbocycles. The Morgan fingerprint density at radius 3 is 2.70 bits per heavy atom. The van der Waals surface area contributed by atoms with Crippen LogP contribution in [0, 0.1) is 11.7 Å². The van der Waals surface area contributed by atoms with E-state index in [2.05, 4.69) is 24.3 Å². The van der Waals surface area contributed by atoms with E-state index < -0.39 is 0 Å². The van der Waals surface area contributed by atoms with Crippen LogP contribution in [0.1, 0.15) is 23.1 Å². The zero-order valence-electron chi connectivity index (χ0n) is 11.6. The Morgan fingerprint density at radius 1 is 1.10 bits per heavy atom. The highest BCUT2D eigenvalue weighted by Gasteiger charge is 2.23. The highest BCUT2D eigenvalue weighted by molar-refractivity contribution is 5.30. The maximum atomic E-state index is 13.2. The van der Waals surface area contributed by atoms with Gasteiger partial charge in [0.05, 0.1) is 0 Å². The molecule has 2 unspecified atom stereocenters. The number of fused-ring (bicyclic) bond motifs is 1. The molecule has 0 saturated carbocycles. The van der Waals surface area contributed by atoms with Crippen LogP contribution in [0.15, 0.2) is 48.5 Å². The predicted octanol–water partition coefficient (Wildman–Crippen LogP) is 3.50. The molecule has 0 bridgehead atoms. The molecule has 20 heavy (non-hydrogen) atoms. The second-order valence-electron chi connectivity index (χ2n) is 5.77. The average Bonchev–Trinajstić information content (AvgIpc) is 2.47. The van der Waals surface area contributed by atoms with E-state index in [4.69, 9.17) is 5.73 Å². The molecule has 0 spiro atoms. The molecule has 2 aromatic carbocycles. The number of nitrogens with two attached hydrogens (primary N) is 1. The molecule has 0 aromatic heterocycles. The highest BCUT2D eigenvalue weighted by Crippen LogP contribution is 2.28. The van der Waals surface area contributed by atoms with Gasteiger partial charge in [0.1, 0.15) is 5.82 Å². The molecule has 0 heterocycles. The summed E-state index contributed by atoms with van der Waals surface area (Å²) in [5.74, 6) is 0.317. The fourth-order valence-corrected chi connectivity index (χ4v) is 3.19. The number of hydrogen-bond donors (Lipinski definition) is 1. The van der Waals surface area contributed by atoms with E-state index in [0.29, 0.717) is 5.92 Å².